The number of benzene rings is 1. The SMILES string of the molecule is Cc1cc(NC(=O)CNC(=O)Cc2nc(-c3cccc(Cl)c3)oc2C)no1. The molecule has 0 bridgehead atoms. The van der Waals surface area contributed by atoms with Gasteiger partial charge in [-0.3, -0.25) is 9.59 Å². The summed E-state index contributed by atoms with van der Waals surface area (Å²) in [6, 6.07) is 8.67. The minimum absolute atomic E-state index is 0.00769. The van der Waals surface area contributed by atoms with E-state index in [2.05, 4.69) is 20.8 Å². The first-order chi connectivity index (χ1) is 12.9. The van der Waals surface area contributed by atoms with Crippen LogP contribution in [0, 0.1) is 13.8 Å². The summed E-state index contributed by atoms with van der Waals surface area (Å²) in [6.45, 7) is 3.24. The summed E-state index contributed by atoms with van der Waals surface area (Å²) in [6.07, 6.45) is -0.00769. The van der Waals surface area contributed by atoms with Gasteiger partial charge < -0.3 is 19.6 Å². The monoisotopic (exact) mass is 388 g/mol. The van der Waals surface area contributed by atoms with Gasteiger partial charge in [-0.25, -0.2) is 4.98 Å². The van der Waals surface area contributed by atoms with Crippen molar-refractivity contribution in [2.45, 2.75) is 20.3 Å². The molecule has 2 heterocycles. The third-order valence-corrected chi connectivity index (χ3v) is 3.87. The second-order valence-corrected chi connectivity index (χ2v) is 6.29. The molecule has 2 amide bonds. The topological polar surface area (TPSA) is 110 Å². The first-order valence-corrected chi connectivity index (χ1v) is 8.50. The fourth-order valence-electron chi connectivity index (χ4n) is 2.34. The van der Waals surface area contributed by atoms with Crippen LogP contribution in [0.25, 0.3) is 11.5 Å². The van der Waals surface area contributed by atoms with Gasteiger partial charge in [-0.15, -0.1) is 0 Å². The molecule has 0 saturated heterocycles. The fourth-order valence-corrected chi connectivity index (χ4v) is 2.53. The minimum atomic E-state index is -0.409. The van der Waals surface area contributed by atoms with E-state index in [4.69, 9.17) is 20.5 Å². The third kappa shape index (κ3) is 4.95. The van der Waals surface area contributed by atoms with Gasteiger partial charge in [-0.05, 0) is 32.0 Å². The highest BCUT2D eigenvalue weighted by Crippen LogP contribution is 2.24. The van der Waals surface area contributed by atoms with Crippen molar-refractivity contribution in [1.29, 1.82) is 0 Å². The summed E-state index contributed by atoms with van der Waals surface area (Å²) in [7, 11) is 0. The zero-order chi connectivity index (χ0) is 19.4. The van der Waals surface area contributed by atoms with Gasteiger partial charge in [-0.2, -0.15) is 0 Å². The Morgan fingerprint density at radius 2 is 2.00 bits per heavy atom. The third-order valence-electron chi connectivity index (χ3n) is 3.63. The van der Waals surface area contributed by atoms with Gasteiger partial charge in [0.2, 0.25) is 17.7 Å². The molecule has 3 aromatic rings. The van der Waals surface area contributed by atoms with Crippen LogP contribution in [0.15, 0.2) is 39.3 Å². The average Bonchev–Trinajstić information content (AvgIpc) is 3.19. The number of hydrogen-bond donors (Lipinski definition) is 2. The molecule has 140 valence electrons. The maximum Gasteiger partial charge on any atom is 0.245 e. The van der Waals surface area contributed by atoms with Crippen molar-refractivity contribution < 1.29 is 18.5 Å². The highest BCUT2D eigenvalue weighted by Gasteiger charge is 2.16. The Balaban J connectivity index is 1.55. The van der Waals surface area contributed by atoms with E-state index in [1.807, 2.05) is 6.07 Å². The predicted molar refractivity (Wildman–Crippen MR) is 98.3 cm³/mol. The second-order valence-electron chi connectivity index (χ2n) is 5.86. The molecule has 1 aromatic carbocycles. The number of aromatic nitrogens is 2. The minimum Gasteiger partial charge on any atom is -0.441 e. The van der Waals surface area contributed by atoms with Gasteiger partial charge in [0.25, 0.3) is 0 Å². The molecule has 9 heteroatoms. The number of nitrogens with zero attached hydrogens (tertiary/aromatic N) is 2. The van der Waals surface area contributed by atoms with E-state index >= 15 is 0 Å². The Hall–Kier alpha value is -3.13. The maximum absolute atomic E-state index is 12.1. The number of rotatable bonds is 6. The van der Waals surface area contributed by atoms with Crippen LogP contribution in [0.5, 0.6) is 0 Å². The Morgan fingerprint density at radius 1 is 1.19 bits per heavy atom. The van der Waals surface area contributed by atoms with Gasteiger partial charge in [0, 0.05) is 16.7 Å². The second kappa shape index (κ2) is 8.05. The predicted octanol–water partition coefficient (Wildman–Crippen LogP) is 2.90. The molecule has 2 aromatic heterocycles. The van der Waals surface area contributed by atoms with Crippen LogP contribution < -0.4 is 10.6 Å². The van der Waals surface area contributed by atoms with Crippen molar-refractivity contribution in [3.05, 3.63) is 52.6 Å². The largest absolute Gasteiger partial charge is 0.441 e. The normalized spacial score (nSPS) is 10.6. The zero-order valence-electron chi connectivity index (χ0n) is 14.7. The maximum atomic E-state index is 12.1. The number of oxazole rings is 1. The van der Waals surface area contributed by atoms with Crippen LogP contribution in [0.4, 0.5) is 5.82 Å². The lowest BCUT2D eigenvalue weighted by atomic mass is 10.2. The van der Waals surface area contributed by atoms with Crippen molar-refractivity contribution in [2.75, 3.05) is 11.9 Å². The van der Waals surface area contributed by atoms with Crippen LogP contribution >= 0.6 is 11.6 Å². The van der Waals surface area contributed by atoms with Gasteiger partial charge in [0.15, 0.2) is 5.82 Å². The number of carbonyl (C=O) groups is 2. The Labute approximate surface area is 159 Å². The van der Waals surface area contributed by atoms with Crippen molar-refractivity contribution in [2.24, 2.45) is 0 Å². The number of halogens is 1. The highest BCUT2D eigenvalue weighted by molar-refractivity contribution is 6.30. The summed E-state index contributed by atoms with van der Waals surface area (Å²) in [5.74, 6) is 1.03. The van der Waals surface area contributed by atoms with E-state index in [9.17, 15) is 9.59 Å². The summed E-state index contributed by atoms with van der Waals surface area (Å²) in [4.78, 5) is 28.3. The van der Waals surface area contributed by atoms with Crippen LogP contribution in [0.2, 0.25) is 5.02 Å². The first kappa shape index (κ1) is 18.7. The number of amides is 2. The van der Waals surface area contributed by atoms with E-state index in [1.54, 1.807) is 38.1 Å². The standard InChI is InChI=1S/C18H17ClN4O4/c1-10-6-15(23-27-10)22-17(25)9-20-16(24)8-14-11(2)26-18(21-14)12-4-3-5-13(19)7-12/h3-7H,8-9H2,1-2H3,(H,20,24)(H,22,23,25). The van der Waals surface area contributed by atoms with E-state index in [-0.39, 0.29) is 18.9 Å². The van der Waals surface area contributed by atoms with E-state index in [0.717, 1.165) is 5.56 Å². The zero-order valence-corrected chi connectivity index (χ0v) is 15.5. The molecular formula is C18H17ClN4O4. The molecule has 0 fully saturated rings. The first-order valence-electron chi connectivity index (χ1n) is 8.13. The molecule has 0 unspecified atom stereocenters. The van der Waals surface area contributed by atoms with E-state index in [0.29, 0.717) is 33.9 Å². The Bertz CT molecular complexity index is 979. The van der Waals surface area contributed by atoms with Crippen molar-refractivity contribution in [3.63, 3.8) is 0 Å². The van der Waals surface area contributed by atoms with Crippen LogP contribution in [0.1, 0.15) is 17.2 Å². The number of anilines is 1. The molecule has 27 heavy (non-hydrogen) atoms. The molecule has 2 N–H and O–H groups in total. The van der Waals surface area contributed by atoms with Crippen molar-refractivity contribution >= 4 is 29.2 Å². The summed E-state index contributed by atoms with van der Waals surface area (Å²) < 4.78 is 10.5. The van der Waals surface area contributed by atoms with Crippen molar-refractivity contribution in [3.8, 4) is 11.5 Å². The van der Waals surface area contributed by atoms with E-state index in [1.165, 1.54) is 0 Å². The molecule has 0 aliphatic rings. The molecule has 0 spiro atoms. The summed E-state index contributed by atoms with van der Waals surface area (Å²) in [5, 5.41) is 9.26. The van der Waals surface area contributed by atoms with Gasteiger partial charge in [-0.1, -0.05) is 22.8 Å². The summed E-state index contributed by atoms with van der Waals surface area (Å²) in [5.41, 5.74) is 1.22. The fraction of sp³-hybridized carbons (Fsp3) is 0.222. The molecule has 0 atom stereocenters. The Morgan fingerprint density at radius 3 is 2.70 bits per heavy atom. The quantitative estimate of drug-likeness (QED) is 0.671. The molecule has 3 rings (SSSR count). The van der Waals surface area contributed by atoms with E-state index < -0.39 is 5.91 Å². The molecule has 0 saturated carbocycles. The molecule has 0 aliphatic carbocycles. The van der Waals surface area contributed by atoms with Crippen molar-refractivity contribution in [1.82, 2.24) is 15.5 Å². The number of hydrogen-bond acceptors (Lipinski definition) is 6. The summed E-state index contributed by atoms with van der Waals surface area (Å²) >= 11 is 5.97. The van der Waals surface area contributed by atoms with Gasteiger partial charge in [0.05, 0.1) is 18.7 Å². The van der Waals surface area contributed by atoms with Gasteiger partial charge in [0.1, 0.15) is 11.5 Å². The molecular weight excluding hydrogens is 372 g/mol. The van der Waals surface area contributed by atoms with Crippen LogP contribution in [0.3, 0.4) is 0 Å². The molecule has 0 radical (unpaired) electrons. The Kier molecular flexibility index (Phi) is 5.56. The number of aryl methyl sites for hydroxylation is 2. The van der Waals surface area contributed by atoms with Gasteiger partial charge >= 0.3 is 0 Å². The smallest absolute Gasteiger partial charge is 0.245 e. The lowest BCUT2D eigenvalue weighted by Gasteiger charge is -2.04. The van der Waals surface area contributed by atoms with Crippen LogP contribution in [-0.4, -0.2) is 28.5 Å². The average molecular weight is 389 g/mol. The number of carbonyl (C=O) groups excluding carboxylic acids is 2. The lowest BCUT2D eigenvalue weighted by Crippen LogP contribution is -2.34. The highest BCUT2D eigenvalue weighted by atomic mass is 35.5. The molecule has 0 aliphatic heterocycles. The van der Waals surface area contributed by atoms with Crippen LogP contribution in [-0.2, 0) is 16.0 Å². The lowest BCUT2D eigenvalue weighted by molar-refractivity contribution is -0.123. The number of nitrogens with one attached hydrogen (secondary N) is 2. The molecule has 8 nitrogen and oxygen atoms in total.